The Morgan fingerprint density at radius 2 is 1.93 bits per heavy atom. The maximum absolute atomic E-state index is 12.6. The Kier molecular flexibility index (Phi) is 5.11. The third-order valence-electron chi connectivity index (χ3n) is 4.70. The molecule has 3 heterocycles. The van der Waals surface area contributed by atoms with Crippen molar-refractivity contribution >= 4 is 23.2 Å². The fraction of sp³-hybridized carbons (Fsp3) is 0.300. The van der Waals surface area contributed by atoms with Crippen molar-refractivity contribution in [3.8, 4) is 11.4 Å². The van der Waals surface area contributed by atoms with Crippen LogP contribution in [0.3, 0.4) is 0 Å². The van der Waals surface area contributed by atoms with Crippen LogP contribution >= 0.6 is 11.6 Å². The number of hydrogen-bond acceptors (Lipinski definition) is 5. The number of aryl methyl sites for hydroxylation is 2. The number of anilines is 1. The zero-order valence-corrected chi connectivity index (χ0v) is 16.6. The van der Waals surface area contributed by atoms with Crippen molar-refractivity contribution in [1.29, 1.82) is 0 Å². The normalized spacial score (nSPS) is 15.2. The maximum atomic E-state index is 12.6. The number of aromatic nitrogens is 4. The monoisotopic (exact) mass is 396 g/mol. The minimum absolute atomic E-state index is 0.0722. The number of rotatable bonds is 4. The van der Waals surface area contributed by atoms with Crippen molar-refractivity contribution in [3.63, 3.8) is 0 Å². The van der Waals surface area contributed by atoms with Gasteiger partial charge in [0.1, 0.15) is 0 Å². The molecule has 1 aliphatic rings. The van der Waals surface area contributed by atoms with Crippen LogP contribution in [0.25, 0.3) is 11.4 Å². The van der Waals surface area contributed by atoms with Gasteiger partial charge < -0.3 is 4.90 Å². The van der Waals surface area contributed by atoms with Crippen LogP contribution in [-0.2, 0) is 18.4 Å². The fourth-order valence-electron chi connectivity index (χ4n) is 3.35. The van der Waals surface area contributed by atoms with Crippen LogP contribution in [0.15, 0.2) is 42.7 Å². The molecule has 0 N–H and O–H groups in total. The summed E-state index contributed by atoms with van der Waals surface area (Å²) in [5.41, 5.74) is 3.57. The predicted molar refractivity (Wildman–Crippen MR) is 108 cm³/mol. The molecule has 0 unspecified atom stereocenters. The fourth-order valence-corrected chi connectivity index (χ4v) is 3.48. The third kappa shape index (κ3) is 4.05. The van der Waals surface area contributed by atoms with Crippen molar-refractivity contribution in [2.45, 2.75) is 13.5 Å². The second kappa shape index (κ2) is 7.69. The smallest absolute Gasteiger partial charge is 0.241 e. The largest absolute Gasteiger partial charge is 0.307 e. The quantitative estimate of drug-likeness (QED) is 0.678. The molecule has 1 amide bonds. The van der Waals surface area contributed by atoms with Gasteiger partial charge in [0.05, 0.1) is 24.1 Å². The lowest BCUT2D eigenvalue weighted by atomic mass is 10.2. The van der Waals surface area contributed by atoms with E-state index in [4.69, 9.17) is 16.6 Å². The molecule has 7 nitrogen and oxygen atoms in total. The van der Waals surface area contributed by atoms with Gasteiger partial charge in [-0.3, -0.25) is 14.4 Å². The van der Waals surface area contributed by atoms with E-state index in [2.05, 4.69) is 15.0 Å². The molecule has 144 valence electrons. The summed E-state index contributed by atoms with van der Waals surface area (Å²) < 4.78 is 1.71. The molecule has 4 rings (SSSR count). The highest BCUT2D eigenvalue weighted by molar-refractivity contribution is 6.30. The Hall–Kier alpha value is -2.77. The number of carbonyl (C=O) groups is 1. The molecule has 0 saturated carbocycles. The molecule has 0 spiro atoms. The van der Waals surface area contributed by atoms with Gasteiger partial charge in [0, 0.05) is 49.2 Å². The molecule has 0 radical (unpaired) electrons. The highest BCUT2D eigenvalue weighted by Crippen LogP contribution is 2.21. The zero-order chi connectivity index (χ0) is 19.7. The highest BCUT2D eigenvalue weighted by atomic mass is 35.5. The van der Waals surface area contributed by atoms with E-state index in [1.54, 1.807) is 15.8 Å². The predicted octanol–water partition coefficient (Wildman–Crippen LogP) is 2.69. The minimum atomic E-state index is 0.0722. The first-order valence-electron chi connectivity index (χ1n) is 9.10. The van der Waals surface area contributed by atoms with Crippen LogP contribution in [0.2, 0.25) is 5.02 Å². The second-order valence-electron chi connectivity index (χ2n) is 6.96. The summed E-state index contributed by atoms with van der Waals surface area (Å²) in [5.74, 6) is 0.745. The van der Waals surface area contributed by atoms with Crippen molar-refractivity contribution in [2.75, 3.05) is 24.5 Å². The number of amides is 1. The van der Waals surface area contributed by atoms with Gasteiger partial charge in [-0.05, 0) is 37.3 Å². The van der Waals surface area contributed by atoms with E-state index in [-0.39, 0.29) is 5.91 Å². The average Bonchev–Trinajstić information content (AvgIpc) is 3.08. The molecule has 8 heteroatoms. The van der Waals surface area contributed by atoms with Crippen molar-refractivity contribution < 1.29 is 4.79 Å². The Morgan fingerprint density at radius 3 is 2.61 bits per heavy atom. The summed E-state index contributed by atoms with van der Waals surface area (Å²) in [5, 5.41) is 4.83. The summed E-state index contributed by atoms with van der Waals surface area (Å²) in [7, 11) is 1.85. The van der Waals surface area contributed by atoms with Gasteiger partial charge in [-0.1, -0.05) is 11.6 Å². The molecular weight excluding hydrogens is 376 g/mol. The van der Waals surface area contributed by atoms with Crippen LogP contribution in [0.5, 0.6) is 0 Å². The van der Waals surface area contributed by atoms with Gasteiger partial charge in [0.2, 0.25) is 5.91 Å². The first kappa shape index (κ1) is 18.6. The topological polar surface area (TPSA) is 67.2 Å². The van der Waals surface area contributed by atoms with Gasteiger partial charge >= 0.3 is 0 Å². The average molecular weight is 397 g/mol. The molecule has 1 aromatic carbocycles. The first-order valence-corrected chi connectivity index (χ1v) is 9.47. The summed E-state index contributed by atoms with van der Waals surface area (Å²) in [6.45, 7) is 4.33. The van der Waals surface area contributed by atoms with Gasteiger partial charge in [0.25, 0.3) is 0 Å². The van der Waals surface area contributed by atoms with Crippen LogP contribution in [0.4, 0.5) is 5.69 Å². The van der Waals surface area contributed by atoms with Crippen LogP contribution in [0, 0.1) is 6.92 Å². The van der Waals surface area contributed by atoms with E-state index in [9.17, 15) is 4.79 Å². The lowest BCUT2D eigenvalue weighted by Crippen LogP contribution is -2.50. The van der Waals surface area contributed by atoms with E-state index in [0.717, 1.165) is 29.2 Å². The number of benzene rings is 1. The van der Waals surface area contributed by atoms with Crippen LogP contribution < -0.4 is 4.90 Å². The molecule has 0 bridgehead atoms. The summed E-state index contributed by atoms with van der Waals surface area (Å²) in [6.07, 6.45) is 3.58. The molecule has 1 aliphatic heterocycles. The van der Waals surface area contributed by atoms with Crippen LogP contribution in [0.1, 0.15) is 11.4 Å². The Bertz CT molecular complexity index is 1000. The number of halogens is 1. The minimum Gasteiger partial charge on any atom is -0.307 e. The maximum Gasteiger partial charge on any atom is 0.241 e. The van der Waals surface area contributed by atoms with E-state index in [1.165, 1.54) is 0 Å². The van der Waals surface area contributed by atoms with Gasteiger partial charge in [-0.25, -0.2) is 9.97 Å². The number of hydrogen-bond donors (Lipinski definition) is 0. The molecular formula is C20H21ClN6O. The van der Waals surface area contributed by atoms with Crippen molar-refractivity contribution in [1.82, 2.24) is 24.6 Å². The molecule has 1 saturated heterocycles. The SMILES string of the molecule is Cc1cc(CN2CCN(c3cnn(C)c3)C(=O)C2)nc(-c2ccc(Cl)cc2)n1. The zero-order valence-electron chi connectivity index (χ0n) is 15.8. The molecule has 3 aromatic rings. The van der Waals surface area contributed by atoms with E-state index in [0.29, 0.717) is 30.5 Å². The highest BCUT2D eigenvalue weighted by Gasteiger charge is 2.26. The summed E-state index contributed by atoms with van der Waals surface area (Å²) in [6, 6.07) is 9.46. The molecule has 0 atom stereocenters. The second-order valence-corrected chi connectivity index (χ2v) is 7.40. The van der Waals surface area contributed by atoms with E-state index >= 15 is 0 Å². The summed E-state index contributed by atoms with van der Waals surface area (Å²) >= 11 is 5.97. The van der Waals surface area contributed by atoms with E-state index < -0.39 is 0 Å². The summed E-state index contributed by atoms with van der Waals surface area (Å²) in [4.78, 5) is 25.7. The van der Waals surface area contributed by atoms with Crippen molar-refractivity contribution in [2.24, 2.45) is 7.05 Å². The van der Waals surface area contributed by atoms with E-state index in [1.807, 2.05) is 50.5 Å². The van der Waals surface area contributed by atoms with Gasteiger partial charge in [-0.2, -0.15) is 5.10 Å². The Balaban J connectivity index is 1.47. The third-order valence-corrected chi connectivity index (χ3v) is 4.95. The van der Waals surface area contributed by atoms with Crippen molar-refractivity contribution in [3.05, 3.63) is 59.1 Å². The standard InChI is InChI=1S/C20H21ClN6O/c1-14-9-17(24-20(23-14)15-3-5-16(21)6-4-15)11-26-7-8-27(19(28)13-26)18-10-22-25(2)12-18/h3-6,9-10,12H,7-8,11,13H2,1-2H3. The Morgan fingerprint density at radius 1 is 1.14 bits per heavy atom. The van der Waals surface area contributed by atoms with Crippen LogP contribution in [-0.4, -0.2) is 50.2 Å². The number of carbonyl (C=O) groups excluding carboxylic acids is 1. The van der Waals surface area contributed by atoms with Gasteiger partial charge in [0.15, 0.2) is 5.82 Å². The van der Waals surface area contributed by atoms with Gasteiger partial charge in [-0.15, -0.1) is 0 Å². The number of piperazine rings is 1. The lowest BCUT2D eigenvalue weighted by molar-refractivity contribution is -0.121. The Labute approximate surface area is 168 Å². The first-order chi connectivity index (χ1) is 13.5. The molecule has 0 aliphatic carbocycles. The number of nitrogens with zero attached hydrogens (tertiary/aromatic N) is 6. The molecule has 28 heavy (non-hydrogen) atoms. The molecule has 1 fully saturated rings. The lowest BCUT2D eigenvalue weighted by Gasteiger charge is -2.33. The molecule has 2 aromatic heterocycles.